The SMILES string of the molecule is O=S(=O)(NCC1CC2CCC1C2)c1ccc(CO)cc1F. The van der Waals surface area contributed by atoms with Crippen molar-refractivity contribution in [1.82, 2.24) is 4.72 Å². The number of rotatable bonds is 5. The molecule has 3 rings (SSSR count). The van der Waals surface area contributed by atoms with E-state index in [0.717, 1.165) is 18.4 Å². The van der Waals surface area contributed by atoms with E-state index in [4.69, 9.17) is 5.11 Å². The molecule has 6 heteroatoms. The lowest BCUT2D eigenvalue weighted by atomic mass is 9.89. The number of halogens is 1. The molecule has 1 aromatic rings. The third-order valence-corrected chi connectivity index (χ3v) is 6.35. The van der Waals surface area contributed by atoms with Crippen molar-refractivity contribution >= 4 is 10.0 Å². The van der Waals surface area contributed by atoms with E-state index in [9.17, 15) is 12.8 Å². The molecule has 116 valence electrons. The predicted octanol–water partition coefficient (Wildman–Crippen LogP) is 2.03. The van der Waals surface area contributed by atoms with Crippen LogP contribution < -0.4 is 4.72 Å². The zero-order chi connectivity index (χ0) is 15.0. The van der Waals surface area contributed by atoms with Gasteiger partial charge in [-0.3, -0.25) is 0 Å². The van der Waals surface area contributed by atoms with Gasteiger partial charge >= 0.3 is 0 Å². The minimum absolute atomic E-state index is 0.310. The summed E-state index contributed by atoms with van der Waals surface area (Å²) in [7, 11) is -3.83. The van der Waals surface area contributed by atoms with E-state index in [2.05, 4.69) is 4.72 Å². The van der Waals surface area contributed by atoms with Gasteiger partial charge in [0.05, 0.1) is 6.61 Å². The van der Waals surface area contributed by atoms with Crippen molar-refractivity contribution in [3.05, 3.63) is 29.6 Å². The second-order valence-corrected chi connectivity index (χ2v) is 7.95. The van der Waals surface area contributed by atoms with Crippen LogP contribution in [0.5, 0.6) is 0 Å². The fourth-order valence-electron chi connectivity index (χ4n) is 3.78. The highest BCUT2D eigenvalue weighted by atomic mass is 32.2. The van der Waals surface area contributed by atoms with Crippen molar-refractivity contribution < 1.29 is 17.9 Å². The number of aliphatic hydroxyl groups excluding tert-OH is 1. The van der Waals surface area contributed by atoms with Gasteiger partial charge in [-0.15, -0.1) is 0 Å². The molecule has 1 aromatic carbocycles. The molecule has 2 fully saturated rings. The van der Waals surface area contributed by atoms with Gasteiger partial charge in [-0.25, -0.2) is 17.5 Å². The van der Waals surface area contributed by atoms with Crippen LogP contribution in [0, 0.1) is 23.6 Å². The Hall–Kier alpha value is -0.980. The molecule has 0 spiro atoms. The van der Waals surface area contributed by atoms with E-state index >= 15 is 0 Å². The van der Waals surface area contributed by atoms with E-state index in [1.165, 1.54) is 31.4 Å². The third-order valence-electron chi connectivity index (χ3n) is 4.89. The molecule has 0 aromatic heterocycles. The zero-order valence-corrected chi connectivity index (χ0v) is 12.6. The minimum Gasteiger partial charge on any atom is -0.392 e. The Balaban J connectivity index is 1.69. The molecule has 2 saturated carbocycles. The van der Waals surface area contributed by atoms with Crippen LogP contribution in [-0.4, -0.2) is 20.1 Å². The van der Waals surface area contributed by atoms with Crippen LogP contribution in [0.1, 0.15) is 31.2 Å². The van der Waals surface area contributed by atoms with Crippen LogP contribution >= 0.6 is 0 Å². The van der Waals surface area contributed by atoms with Crippen LogP contribution in [0.4, 0.5) is 4.39 Å². The van der Waals surface area contributed by atoms with Gasteiger partial charge in [-0.05, 0) is 54.7 Å². The Kier molecular flexibility index (Phi) is 4.03. The highest BCUT2D eigenvalue weighted by molar-refractivity contribution is 7.89. The summed E-state index contributed by atoms with van der Waals surface area (Å²) in [6.07, 6.45) is 4.76. The Morgan fingerprint density at radius 1 is 1.29 bits per heavy atom. The first-order valence-corrected chi connectivity index (χ1v) is 8.87. The molecule has 21 heavy (non-hydrogen) atoms. The fourth-order valence-corrected chi connectivity index (χ4v) is 4.93. The van der Waals surface area contributed by atoms with Gasteiger partial charge in [0.25, 0.3) is 0 Å². The van der Waals surface area contributed by atoms with Gasteiger partial charge in [-0.1, -0.05) is 12.5 Å². The van der Waals surface area contributed by atoms with Crippen LogP contribution in [0.3, 0.4) is 0 Å². The van der Waals surface area contributed by atoms with Gasteiger partial charge in [0.2, 0.25) is 10.0 Å². The smallest absolute Gasteiger partial charge is 0.243 e. The summed E-state index contributed by atoms with van der Waals surface area (Å²) >= 11 is 0. The molecule has 3 atom stereocenters. The van der Waals surface area contributed by atoms with Crippen molar-refractivity contribution in [3.8, 4) is 0 Å². The topological polar surface area (TPSA) is 66.4 Å². The lowest BCUT2D eigenvalue weighted by Gasteiger charge is -2.21. The van der Waals surface area contributed by atoms with E-state index in [1.54, 1.807) is 0 Å². The van der Waals surface area contributed by atoms with Crippen molar-refractivity contribution in [3.63, 3.8) is 0 Å². The maximum Gasteiger partial charge on any atom is 0.243 e. The molecule has 2 aliphatic rings. The maximum absolute atomic E-state index is 13.9. The fraction of sp³-hybridized carbons (Fsp3) is 0.600. The summed E-state index contributed by atoms with van der Waals surface area (Å²) in [5, 5.41) is 8.93. The monoisotopic (exact) mass is 313 g/mol. The first-order chi connectivity index (χ1) is 9.99. The van der Waals surface area contributed by atoms with Gasteiger partial charge in [0.1, 0.15) is 10.7 Å². The first-order valence-electron chi connectivity index (χ1n) is 7.38. The Morgan fingerprint density at radius 3 is 2.67 bits per heavy atom. The summed E-state index contributed by atoms with van der Waals surface area (Å²) in [4.78, 5) is -0.345. The average Bonchev–Trinajstić information content (AvgIpc) is 3.07. The molecule has 2 bridgehead atoms. The number of fused-ring (bicyclic) bond motifs is 2. The predicted molar refractivity (Wildman–Crippen MR) is 76.4 cm³/mol. The van der Waals surface area contributed by atoms with Gasteiger partial charge < -0.3 is 5.11 Å². The molecule has 0 heterocycles. The average molecular weight is 313 g/mol. The summed E-state index contributed by atoms with van der Waals surface area (Å²) in [6, 6.07) is 3.70. The molecule has 0 amide bonds. The van der Waals surface area contributed by atoms with E-state index < -0.39 is 15.8 Å². The second kappa shape index (κ2) is 5.66. The summed E-state index contributed by atoms with van der Waals surface area (Å²) in [5.74, 6) is 0.949. The highest BCUT2D eigenvalue weighted by Crippen LogP contribution is 2.48. The number of hydrogen-bond acceptors (Lipinski definition) is 3. The zero-order valence-electron chi connectivity index (χ0n) is 11.8. The number of hydrogen-bond donors (Lipinski definition) is 2. The number of aliphatic hydroxyl groups is 1. The van der Waals surface area contributed by atoms with Crippen molar-refractivity contribution in [2.24, 2.45) is 17.8 Å². The lowest BCUT2D eigenvalue weighted by molar-refractivity contribution is 0.281. The van der Waals surface area contributed by atoms with Crippen LogP contribution in [-0.2, 0) is 16.6 Å². The summed E-state index contributed by atoms with van der Waals surface area (Å²) in [6.45, 7) is 0.0838. The Labute approximate surface area is 124 Å². The first kappa shape index (κ1) is 14.9. The molecule has 0 saturated heterocycles. The second-order valence-electron chi connectivity index (χ2n) is 6.21. The Bertz CT molecular complexity index is 632. The lowest BCUT2D eigenvalue weighted by Crippen LogP contribution is -2.32. The molecule has 4 nitrogen and oxygen atoms in total. The Morgan fingerprint density at radius 2 is 2.10 bits per heavy atom. The minimum atomic E-state index is -3.83. The summed E-state index contributed by atoms with van der Waals surface area (Å²) < 4.78 is 40.8. The highest BCUT2D eigenvalue weighted by Gasteiger charge is 2.39. The van der Waals surface area contributed by atoms with Crippen molar-refractivity contribution in [1.29, 1.82) is 0 Å². The quantitative estimate of drug-likeness (QED) is 0.874. The van der Waals surface area contributed by atoms with Gasteiger partial charge in [-0.2, -0.15) is 0 Å². The van der Waals surface area contributed by atoms with Crippen LogP contribution in [0.2, 0.25) is 0 Å². The molecule has 2 N–H and O–H groups in total. The largest absolute Gasteiger partial charge is 0.392 e. The normalized spacial score (nSPS) is 28.2. The summed E-state index contributed by atoms with van der Waals surface area (Å²) in [5.41, 5.74) is 0.361. The van der Waals surface area contributed by atoms with E-state index in [-0.39, 0.29) is 11.5 Å². The van der Waals surface area contributed by atoms with Crippen molar-refractivity contribution in [2.75, 3.05) is 6.54 Å². The number of benzene rings is 1. The van der Waals surface area contributed by atoms with Gasteiger partial charge in [0.15, 0.2) is 0 Å². The maximum atomic E-state index is 13.9. The molecule has 3 unspecified atom stereocenters. The van der Waals surface area contributed by atoms with E-state index in [0.29, 0.717) is 23.9 Å². The number of nitrogens with one attached hydrogen (secondary N) is 1. The van der Waals surface area contributed by atoms with Crippen molar-refractivity contribution in [2.45, 2.75) is 37.2 Å². The molecule has 0 aliphatic heterocycles. The standard InChI is InChI=1S/C15H20FNO3S/c16-14-7-11(9-18)2-4-15(14)21(19,20)17-8-13-6-10-1-3-12(13)5-10/h2,4,7,10,12-13,17-18H,1,3,5-6,8-9H2. The third kappa shape index (κ3) is 2.98. The van der Waals surface area contributed by atoms with Crippen LogP contribution in [0.25, 0.3) is 0 Å². The number of sulfonamides is 1. The molecular formula is C15H20FNO3S. The van der Waals surface area contributed by atoms with Crippen LogP contribution in [0.15, 0.2) is 23.1 Å². The molecule has 2 aliphatic carbocycles. The van der Waals surface area contributed by atoms with Gasteiger partial charge in [0, 0.05) is 6.54 Å². The molecule has 0 radical (unpaired) electrons. The molecular weight excluding hydrogens is 293 g/mol. The van der Waals surface area contributed by atoms with E-state index in [1.807, 2.05) is 0 Å².